The van der Waals surface area contributed by atoms with E-state index in [0.29, 0.717) is 17.0 Å². The second kappa shape index (κ2) is 10.9. The zero-order chi connectivity index (χ0) is 23.9. The molecule has 1 aliphatic rings. The summed E-state index contributed by atoms with van der Waals surface area (Å²) in [6.45, 7) is 3.04. The third-order valence-corrected chi connectivity index (χ3v) is 6.06. The number of ether oxygens (including phenoxy) is 2. The average Bonchev–Trinajstić information content (AvgIpc) is 2.90. The lowest BCUT2D eigenvalue weighted by molar-refractivity contribution is -0.147. The highest BCUT2D eigenvalue weighted by atomic mass is 16.5. The molecule has 0 saturated carbocycles. The molecule has 1 saturated heterocycles. The molecule has 1 N–H and O–H groups in total. The third kappa shape index (κ3) is 5.21. The first-order chi connectivity index (χ1) is 16.6. The number of methoxy groups -OCH3 is 2. The Morgan fingerprint density at radius 2 is 1.47 bits per heavy atom. The fourth-order valence-corrected chi connectivity index (χ4v) is 4.27. The van der Waals surface area contributed by atoms with Crippen molar-refractivity contribution in [1.82, 2.24) is 4.90 Å². The largest absolute Gasteiger partial charge is 0.496 e. The summed E-state index contributed by atoms with van der Waals surface area (Å²) in [6.07, 6.45) is 0. The molecule has 1 aliphatic heterocycles. The lowest BCUT2D eigenvalue weighted by Crippen LogP contribution is -2.49. The maximum Gasteiger partial charge on any atom is 0.327 e. The molecule has 1 unspecified atom stereocenters. The number of amides is 1. The van der Waals surface area contributed by atoms with Gasteiger partial charge in [-0.15, -0.1) is 0 Å². The van der Waals surface area contributed by atoms with Crippen molar-refractivity contribution in [3.8, 4) is 5.75 Å². The van der Waals surface area contributed by atoms with E-state index >= 15 is 0 Å². The summed E-state index contributed by atoms with van der Waals surface area (Å²) >= 11 is 0. The van der Waals surface area contributed by atoms with Crippen LogP contribution in [-0.4, -0.2) is 57.2 Å². The van der Waals surface area contributed by atoms with Crippen molar-refractivity contribution >= 4 is 23.3 Å². The number of para-hydroxylation sites is 1. The molecule has 0 aliphatic carbocycles. The Morgan fingerprint density at radius 3 is 2.12 bits per heavy atom. The maximum absolute atomic E-state index is 12.6. The number of carbonyl (C=O) groups is 2. The summed E-state index contributed by atoms with van der Waals surface area (Å²) in [7, 11) is 2.98. The molecule has 1 fully saturated rings. The van der Waals surface area contributed by atoms with Crippen molar-refractivity contribution in [3.05, 3.63) is 90.0 Å². The second-order valence-electron chi connectivity index (χ2n) is 8.06. The van der Waals surface area contributed by atoms with Crippen molar-refractivity contribution < 1.29 is 19.1 Å². The van der Waals surface area contributed by atoms with Crippen molar-refractivity contribution in [2.24, 2.45) is 0 Å². The van der Waals surface area contributed by atoms with E-state index in [1.165, 1.54) is 7.11 Å². The predicted molar refractivity (Wildman–Crippen MR) is 132 cm³/mol. The van der Waals surface area contributed by atoms with Crippen LogP contribution in [0.25, 0.3) is 0 Å². The van der Waals surface area contributed by atoms with Crippen LogP contribution in [0.2, 0.25) is 0 Å². The van der Waals surface area contributed by atoms with Gasteiger partial charge in [-0.05, 0) is 42.0 Å². The number of nitrogens with one attached hydrogen (secondary N) is 1. The van der Waals surface area contributed by atoms with Gasteiger partial charge in [0.2, 0.25) is 0 Å². The van der Waals surface area contributed by atoms with Crippen LogP contribution in [-0.2, 0) is 9.53 Å². The van der Waals surface area contributed by atoms with E-state index in [0.717, 1.165) is 37.4 Å². The van der Waals surface area contributed by atoms with Gasteiger partial charge in [-0.25, -0.2) is 4.79 Å². The molecule has 34 heavy (non-hydrogen) atoms. The highest BCUT2D eigenvalue weighted by Gasteiger charge is 2.31. The van der Waals surface area contributed by atoms with Crippen LogP contribution in [0.3, 0.4) is 0 Å². The summed E-state index contributed by atoms with van der Waals surface area (Å²) in [6, 6.07) is 24.3. The topological polar surface area (TPSA) is 71.1 Å². The lowest BCUT2D eigenvalue weighted by Gasteiger charge is -2.39. The fraction of sp³-hybridized carbons (Fsp3) is 0.259. The van der Waals surface area contributed by atoms with Gasteiger partial charge in [0.05, 0.1) is 19.8 Å². The molecule has 1 amide bonds. The Labute approximate surface area is 199 Å². The summed E-state index contributed by atoms with van der Waals surface area (Å²) in [5, 5.41) is 2.93. The van der Waals surface area contributed by atoms with Gasteiger partial charge in [0.25, 0.3) is 5.91 Å². The van der Waals surface area contributed by atoms with E-state index in [4.69, 9.17) is 9.47 Å². The van der Waals surface area contributed by atoms with Gasteiger partial charge in [0.15, 0.2) is 0 Å². The molecular formula is C27H29N3O4. The van der Waals surface area contributed by atoms with Gasteiger partial charge in [-0.2, -0.15) is 0 Å². The SMILES string of the molecule is COC(=O)C(c1ccccc1)N1CCN(c2ccc(NC(=O)c3ccccc3OC)cc2)CC1. The monoisotopic (exact) mass is 459 g/mol. The number of piperazine rings is 1. The highest BCUT2D eigenvalue weighted by molar-refractivity contribution is 6.06. The first kappa shape index (κ1) is 23.3. The highest BCUT2D eigenvalue weighted by Crippen LogP contribution is 2.26. The molecule has 176 valence electrons. The van der Waals surface area contributed by atoms with Crippen LogP contribution >= 0.6 is 0 Å². The van der Waals surface area contributed by atoms with Gasteiger partial charge in [0, 0.05) is 37.6 Å². The summed E-state index contributed by atoms with van der Waals surface area (Å²) < 4.78 is 10.4. The molecular weight excluding hydrogens is 430 g/mol. The zero-order valence-corrected chi connectivity index (χ0v) is 19.4. The quantitative estimate of drug-likeness (QED) is 0.539. The smallest absolute Gasteiger partial charge is 0.327 e. The summed E-state index contributed by atoms with van der Waals surface area (Å²) in [4.78, 5) is 29.6. The van der Waals surface area contributed by atoms with E-state index in [9.17, 15) is 9.59 Å². The van der Waals surface area contributed by atoms with Gasteiger partial charge in [-0.1, -0.05) is 42.5 Å². The molecule has 0 spiro atoms. The lowest BCUT2D eigenvalue weighted by atomic mass is 10.0. The summed E-state index contributed by atoms with van der Waals surface area (Å²) in [5.41, 5.74) is 3.22. The van der Waals surface area contributed by atoms with Crippen LogP contribution in [0.1, 0.15) is 22.0 Å². The van der Waals surface area contributed by atoms with Crippen molar-refractivity contribution in [1.29, 1.82) is 0 Å². The van der Waals surface area contributed by atoms with Crippen LogP contribution < -0.4 is 15.0 Å². The molecule has 0 bridgehead atoms. The standard InChI is InChI=1S/C27H29N3O4/c1-33-24-11-7-6-10-23(24)26(31)28-21-12-14-22(15-13-21)29-16-18-30(19-17-29)25(27(32)34-2)20-8-4-3-5-9-20/h3-15,25H,16-19H2,1-2H3,(H,28,31). The number of hydrogen-bond donors (Lipinski definition) is 1. The Kier molecular flexibility index (Phi) is 7.44. The average molecular weight is 460 g/mol. The Bertz CT molecular complexity index is 1110. The van der Waals surface area contributed by atoms with E-state index in [1.54, 1.807) is 19.2 Å². The minimum atomic E-state index is -0.402. The number of nitrogens with zero attached hydrogens (tertiary/aromatic N) is 2. The van der Waals surface area contributed by atoms with Crippen molar-refractivity contribution in [2.45, 2.75) is 6.04 Å². The Morgan fingerprint density at radius 1 is 0.824 bits per heavy atom. The maximum atomic E-state index is 12.6. The molecule has 7 heteroatoms. The molecule has 1 heterocycles. The van der Waals surface area contributed by atoms with Crippen molar-refractivity contribution in [3.63, 3.8) is 0 Å². The number of carbonyl (C=O) groups excluding carboxylic acids is 2. The van der Waals surface area contributed by atoms with Crippen molar-refractivity contribution in [2.75, 3.05) is 50.6 Å². The van der Waals surface area contributed by atoms with Crippen LogP contribution in [0.5, 0.6) is 5.75 Å². The number of rotatable bonds is 7. The summed E-state index contributed by atoms with van der Waals surface area (Å²) in [5.74, 6) is 0.0821. The molecule has 4 rings (SSSR count). The van der Waals surface area contributed by atoms with Gasteiger partial charge >= 0.3 is 5.97 Å². The van der Waals surface area contributed by atoms with E-state index in [1.807, 2.05) is 66.7 Å². The molecule has 3 aromatic carbocycles. The van der Waals surface area contributed by atoms with E-state index in [-0.39, 0.29) is 11.9 Å². The first-order valence-corrected chi connectivity index (χ1v) is 11.3. The molecule has 0 radical (unpaired) electrons. The van der Waals surface area contributed by atoms with Crippen LogP contribution in [0, 0.1) is 0 Å². The van der Waals surface area contributed by atoms with Crippen LogP contribution in [0.15, 0.2) is 78.9 Å². The normalized spacial score (nSPS) is 14.8. The minimum Gasteiger partial charge on any atom is -0.496 e. The number of benzene rings is 3. The zero-order valence-electron chi connectivity index (χ0n) is 19.4. The van der Waals surface area contributed by atoms with Gasteiger partial charge in [-0.3, -0.25) is 9.69 Å². The number of esters is 1. The predicted octanol–water partition coefficient (Wildman–Crippen LogP) is 3.98. The second-order valence-corrected chi connectivity index (χ2v) is 8.06. The Hall–Kier alpha value is -3.84. The van der Waals surface area contributed by atoms with E-state index in [2.05, 4.69) is 15.1 Å². The molecule has 7 nitrogen and oxygen atoms in total. The van der Waals surface area contributed by atoms with Crippen LogP contribution in [0.4, 0.5) is 11.4 Å². The molecule has 0 aromatic heterocycles. The minimum absolute atomic E-state index is 0.214. The number of anilines is 2. The van der Waals surface area contributed by atoms with E-state index < -0.39 is 6.04 Å². The van der Waals surface area contributed by atoms with Gasteiger partial charge in [0.1, 0.15) is 11.8 Å². The third-order valence-electron chi connectivity index (χ3n) is 6.06. The Balaban J connectivity index is 1.38. The fourth-order valence-electron chi connectivity index (χ4n) is 4.27. The first-order valence-electron chi connectivity index (χ1n) is 11.3. The molecule has 3 aromatic rings. The van der Waals surface area contributed by atoms with Gasteiger partial charge < -0.3 is 19.7 Å². The number of hydrogen-bond acceptors (Lipinski definition) is 6. The molecule has 1 atom stereocenters.